The average molecular weight is 237 g/mol. The Hall–Kier alpha value is -0.340. The largest absolute Gasteiger partial charge is 0.309 e. The Kier molecular flexibility index (Phi) is 4.42. The zero-order valence-corrected chi connectivity index (χ0v) is 11.2. The summed E-state index contributed by atoms with van der Waals surface area (Å²) in [6, 6.07) is 5.10. The summed E-state index contributed by atoms with van der Waals surface area (Å²) < 4.78 is 0. The first kappa shape index (κ1) is 12.1. The molecule has 1 N–H and O–H groups in total. The quantitative estimate of drug-likeness (QED) is 0.700. The molecule has 90 valence electrons. The number of thiophene rings is 1. The highest BCUT2D eigenvalue weighted by molar-refractivity contribution is 7.10. The lowest BCUT2D eigenvalue weighted by molar-refractivity contribution is 0.455. The van der Waals surface area contributed by atoms with Gasteiger partial charge in [0.15, 0.2) is 0 Å². The molecule has 0 aromatic carbocycles. The first-order chi connectivity index (χ1) is 7.77. The lowest BCUT2D eigenvalue weighted by Crippen LogP contribution is -2.23. The van der Waals surface area contributed by atoms with Crippen molar-refractivity contribution >= 4 is 11.3 Å². The van der Waals surface area contributed by atoms with Crippen LogP contribution in [0, 0.1) is 11.8 Å². The van der Waals surface area contributed by atoms with Gasteiger partial charge in [-0.1, -0.05) is 19.9 Å². The molecule has 1 aliphatic rings. The molecule has 1 unspecified atom stereocenters. The van der Waals surface area contributed by atoms with Crippen LogP contribution in [0.3, 0.4) is 0 Å². The van der Waals surface area contributed by atoms with Gasteiger partial charge in [0.1, 0.15) is 0 Å². The minimum absolute atomic E-state index is 0.646. The van der Waals surface area contributed by atoms with E-state index in [1.165, 1.54) is 37.1 Å². The van der Waals surface area contributed by atoms with Crippen LogP contribution in [0.1, 0.15) is 50.4 Å². The summed E-state index contributed by atoms with van der Waals surface area (Å²) in [6.07, 6.45) is 5.49. The van der Waals surface area contributed by atoms with Gasteiger partial charge in [0.05, 0.1) is 0 Å². The molecule has 1 aromatic heterocycles. The summed E-state index contributed by atoms with van der Waals surface area (Å²) in [5.74, 6) is 1.75. The van der Waals surface area contributed by atoms with E-state index in [0.717, 1.165) is 11.8 Å². The minimum atomic E-state index is 0.646. The van der Waals surface area contributed by atoms with Gasteiger partial charge in [0.25, 0.3) is 0 Å². The fourth-order valence-electron chi connectivity index (χ4n) is 2.17. The minimum Gasteiger partial charge on any atom is -0.309 e. The molecule has 0 amide bonds. The summed E-state index contributed by atoms with van der Waals surface area (Å²) in [5, 5.41) is 5.94. The van der Waals surface area contributed by atoms with Crippen molar-refractivity contribution in [2.24, 2.45) is 11.8 Å². The summed E-state index contributed by atoms with van der Waals surface area (Å²) in [6.45, 7) is 5.78. The predicted octanol–water partition coefficient (Wildman–Crippen LogP) is 4.23. The highest BCUT2D eigenvalue weighted by Gasteiger charge is 2.32. The number of hydrogen-bond acceptors (Lipinski definition) is 2. The number of nitrogens with one attached hydrogen (secondary N) is 1. The van der Waals surface area contributed by atoms with Crippen LogP contribution in [-0.4, -0.2) is 6.54 Å². The summed E-state index contributed by atoms with van der Waals surface area (Å²) >= 11 is 1.90. The van der Waals surface area contributed by atoms with Crippen LogP contribution in [0.15, 0.2) is 17.5 Å². The van der Waals surface area contributed by atoms with E-state index in [1.807, 2.05) is 11.3 Å². The average Bonchev–Trinajstić information content (AvgIpc) is 2.93. The number of rotatable bonds is 7. The van der Waals surface area contributed by atoms with Gasteiger partial charge in [-0.3, -0.25) is 0 Å². The van der Waals surface area contributed by atoms with Crippen LogP contribution in [-0.2, 0) is 0 Å². The fraction of sp³-hybridized carbons (Fsp3) is 0.714. The smallest absolute Gasteiger partial charge is 0.0443 e. The second-order valence-corrected chi connectivity index (χ2v) is 6.30. The molecular weight excluding hydrogens is 214 g/mol. The third-order valence-electron chi connectivity index (χ3n) is 3.27. The summed E-state index contributed by atoms with van der Waals surface area (Å²) in [5.41, 5.74) is 0. The topological polar surface area (TPSA) is 12.0 Å². The molecule has 0 bridgehead atoms. The van der Waals surface area contributed by atoms with E-state index in [2.05, 4.69) is 36.7 Å². The highest BCUT2D eigenvalue weighted by atomic mass is 32.1. The Morgan fingerprint density at radius 2 is 2.25 bits per heavy atom. The van der Waals surface area contributed by atoms with Gasteiger partial charge in [-0.25, -0.2) is 0 Å². The maximum Gasteiger partial charge on any atom is 0.0443 e. The van der Waals surface area contributed by atoms with Crippen LogP contribution in [0.5, 0.6) is 0 Å². The Labute approximate surface area is 103 Å². The normalized spacial score (nSPS) is 17.9. The van der Waals surface area contributed by atoms with E-state index in [0.29, 0.717) is 6.04 Å². The predicted molar refractivity (Wildman–Crippen MR) is 71.9 cm³/mol. The molecule has 1 saturated carbocycles. The van der Waals surface area contributed by atoms with E-state index in [1.54, 1.807) is 0 Å². The van der Waals surface area contributed by atoms with Gasteiger partial charge in [0.2, 0.25) is 0 Å². The highest BCUT2D eigenvalue weighted by Crippen LogP contribution is 2.42. The first-order valence-corrected chi connectivity index (χ1v) is 7.42. The fourth-order valence-corrected chi connectivity index (χ4v) is 3.06. The molecular formula is C14H23NS. The molecule has 1 atom stereocenters. The zero-order valence-electron chi connectivity index (χ0n) is 10.4. The third kappa shape index (κ3) is 3.60. The Morgan fingerprint density at radius 3 is 2.81 bits per heavy atom. The molecule has 1 aliphatic carbocycles. The van der Waals surface area contributed by atoms with Crippen molar-refractivity contribution in [1.29, 1.82) is 0 Å². The SMILES string of the molecule is CC(C)CCCNC(c1cccs1)C1CC1. The molecule has 1 nitrogen and oxygen atoms in total. The molecule has 16 heavy (non-hydrogen) atoms. The zero-order chi connectivity index (χ0) is 11.4. The molecule has 1 fully saturated rings. The Balaban J connectivity index is 1.76. The van der Waals surface area contributed by atoms with E-state index in [9.17, 15) is 0 Å². The Morgan fingerprint density at radius 1 is 1.44 bits per heavy atom. The second-order valence-electron chi connectivity index (χ2n) is 5.32. The molecule has 2 rings (SSSR count). The van der Waals surface area contributed by atoms with Crippen LogP contribution < -0.4 is 5.32 Å². The van der Waals surface area contributed by atoms with Crippen molar-refractivity contribution in [3.05, 3.63) is 22.4 Å². The summed E-state index contributed by atoms with van der Waals surface area (Å²) in [4.78, 5) is 1.53. The van der Waals surface area contributed by atoms with Gasteiger partial charge >= 0.3 is 0 Å². The lowest BCUT2D eigenvalue weighted by Gasteiger charge is -2.17. The van der Waals surface area contributed by atoms with Crippen LogP contribution >= 0.6 is 11.3 Å². The molecule has 0 spiro atoms. The number of hydrogen-bond donors (Lipinski definition) is 1. The van der Waals surface area contributed by atoms with Crippen molar-refractivity contribution in [2.45, 2.75) is 45.6 Å². The van der Waals surface area contributed by atoms with E-state index in [-0.39, 0.29) is 0 Å². The van der Waals surface area contributed by atoms with Gasteiger partial charge in [0, 0.05) is 10.9 Å². The summed E-state index contributed by atoms with van der Waals surface area (Å²) in [7, 11) is 0. The van der Waals surface area contributed by atoms with Gasteiger partial charge in [-0.15, -0.1) is 11.3 Å². The monoisotopic (exact) mass is 237 g/mol. The third-order valence-corrected chi connectivity index (χ3v) is 4.22. The van der Waals surface area contributed by atoms with Crippen LogP contribution in [0.2, 0.25) is 0 Å². The van der Waals surface area contributed by atoms with Crippen molar-refractivity contribution in [3.63, 3.8) is 0 Å². The van der Waals surface area contributed by atoms with Crippen LogP contribution in [0.25, 0.3) is 0 Å². The molecule has 0 aliphatic heterocycles. The standard InChI is InChI=1S/C14H23NS/c1-11(2)5-3-9-15-14(12-7-8-12)13-6-4-10-16-13/h4,6,10-12,14-15H,3,5,7-9H2,1-2H3. The maximum absolute atomic E-state index is 3.75. The Bertz CT molecular complexity index is 288. The molecule has 2 heteroatoms. The van der Waals surface area contributed by atoms with E-state index >= 15 is 0 Å². The maximum atomic E-state index is 3.75. The molecule has 0 radical (unpaired) electrons. The lowest BCUT2D eigenvalue weighted by atomic mass is 10.1. The van der Waals surface area contributed by atoms with E-state index < -0.39 is 0 Å². The van der Waals surface area contributed by atoms with Crippen LogP contribution in [0.4, 0.5) is 0 Å². The van der Waals surface area contributed by atoms with Crippen molar-refractivity contribution in [3.8, 4) is 0 Å². The first-order valence-electron chi connectivity index (χ1n) is 6.54. The van der Waals surface area contributed by atoms with Gasteiger partial charge in [-0.2, -0.15) is 0 Å². The second kappa shape index (κ2) is 5.83. The van der Waals surface area contributed by atoms with Gasteiger partial charge < -0.3 is 5.32 Å². The van der Waals surface area contributed by atoms with Crippen molar-refractivity contribution in [1.82, 2.24) is 5.32 Å². The molecule has 0 saturated heterocycles. The van der Waals surface area contributed by atoms with Crippen molar-refractivity contribution < 1.29 is 0 Å². The van der Waals surface area contributed by atoms with E-state index in [4.69, 9.17) is 0 Å². The van der Waals surface area contributed by atoms with Gasteiger partial charge in [-0.05, 0) is 55.5 Å². The molecule has 1 aromatic rings. The molecule has 1 heterocycles. The van der Waals surface area contributed by atoms with Crippen molar-refractivity contribution in [2.75, 3.05) is 6.54 Å².